The van der Waals surface area contributed by atoms with Crippen molar-refractivity contribution in [2.75, 3.05) is 5.32 Å². The van der Waals surface area contributed by atoms with E-state index in [0.717, 1.165) is 28.3 Å². The number of anilines is 2. The Hall–Kier alpha value is -3.05. The molecule has 0 radical (unpaired) electrons. The Bertz CT molecular complexity index is 1190. The van der Waals surface area contributed by atoms with Gasteiger partial charge in [-0.1, -0.05) is 6.07 Å². The molecule has 0 amide bonds. The molecule has 34 heavy (non-hydrogen) atoms. The molecule has 7 nitrogen and oxygen atoms in total. The number of hydrogen-bond acceptors (Lipinski definition) is 7. The lowest BCUT2D eigenvalue weighted by Gasteiger charge is -2.34. The van der Waals surface area contributed by atoms with Crippen LogP contribution in [0, 0.1) is 12.8 Å². The van der Waals surface area contributed by atoms with Crippen molar-refractivity contribution in [1.82, 2.24) is 15.0 Å². The van der Waals surface area contributed by atoms with E-state index in [1.807, 2.05) is 13.0 Å². The maximum Gasteiger partial charge on any atom is 0.433 e. The molecule has 0 saturated heterocycles. The summed E-state index contributed by atoms with van der Waals surface area (Å²) >= 11 is 1.35. The molecule has 1 fully saturated rings. The molecule has 0 aliphatic heterocycles. The highest BCUT2D eigenvalue weighted by molar-refractivity contribution is 7.15. The Morgan fingerprint density at radius 3 is 2.65 bits per heavy atom. The van der Waals surface area contributed by atoms with Crippen molar-refractivity contribution in [3.63, 3.8) is 0 Å². The molecular formula is C23H23F3N4O3S. The molecule has 11 heteroatoms. The Labute approximate surface area is 197 Å². The van der Waals surface area contributed by atoms with Crippen molar-refractivity contribution >= 4 is 28.9 Å². The van der Waals surface area contributed by atoms with Crippen LogP contribution < -0.4 is 5.32 Å². The van der Waals surface area contributed by atoms with Crippen LogP contribution in [0.4, 0.5) is 24.8 Å². The molecule has 1 aliphatic carbocycles. The Morgan fingerprint density at radius 1 is 1.24 bits per heavy atom. The highest BCUT2D eigenvalue weighted by atomic mass is 32.1. The fourth-order valence-electron chi connectivity index (χ4n) is 4.15. The number of aliphatic hydroxyl groups is 1. The molecule has 4 rings (SSSR count). The summed E-state index contributed by atoms with van der Waals surface area (Å²) < 4.78 is 38.9. The molecule has 1 aliphatic rings. The van der Waals surface area contributed by atoms with Crippen LogP contribution in [0.5, 0.6) is 0 Å². The van der Waals surface area contributed by atoms with Crippen LogP contribution in [0.1, 0.15) is 48.4 Å². The maximum absolute atomic E-state index is 13.0. The van der Waals surface area contributed by atoms with Gasteiger partial charge in [-0.2, -0.15) is 13.2 Å². The van der Waals surface area contributed by atoms with E-state index >= 15 is 0 Å². The van der Waals surface area contributed by atoms with Crippen LogP contribution in [0.15, 0.2) is 36.7 Å². The van der Waals surface area contributed by atoms with E-state index in [0.29, 0.717) is 36.4 Å². The van der Waals surface area contributed by atoms with Crippen LogP contribution >= 0.6 is 11.3 Å². The molecule has 3 aromatic rings. The number of halogens is 3. The Balaban J connectivity index is 1.53. The van der Waals surface area contributed by atoms with Gasteiger partial charge in [0.05, 0.1) is 4.88 Å². The molecule has 2 aromatic heterocycles. The fourth-order valence-corrected chi connectivity index (χ4v) is 5.20. The van der Waals surface area contributed by atoms with Gasteiger partial charge >= 0.3 is 12.1 Å². The SMILES string of the molecule is Cc1cc(Nc2nccc(C(F)(F)F)n2)cc(-c2cnc([C@]3(O)CC[C@@H](CC(=O)O)CC3)s2)c1. The predicted octanol–water partition coefficient (Wildman–Crippen LogP) is 5.52. The summed E-state index contributed by atoms with van der Waals surface area (Å²) in [5.41, 5.74) is 0.0685. The number of thiazole rings is 1. The van der Waals surface area contributed by atoms with E-state index in [2.05, 4.69) is 20.3 Å². The number of nitrogens with one attached hydrogen (secondary N) is 1. The number of carbonyl (C=O) groups is 1. The zero-order chi connectivity index (χ0) is 24.5. The smallest absolute Gasteiger partial charge is 0.433 e. The van der Waals surface area contributed by atoms with Crippen molar-refractivity contribution in [2.24, 2.45) is 5.92 Å². The highest BCUT2D eigenvalue weighted by Crippen LogP contribution is 2.43. The average molecular weight is 493 g/mol. The van der Waals surface area contributed by atoms with Gasteiger partial charge < -0.3 is 15.5 Å². The lowest BCUT2D eigenvalue weighted by molar-refractivity contribution is -0.141. The summed E-state index contributed by atoms with van der Waals surface area (Å²) in [5.74, 6) is -0.934. The number of rotatable bonds is 6. The second-order valence-corrected chi connectivity index (χ2v) is 9.61. The molecule has 0 bridgehead atoms. The average Bonchev–Trinajstić information content (AvgIpc) is 3.26. The van der Waals surface area contributed by atoms with Crippen LogP contribution in [-0.4, -0.2) is 31.1 Å². The first-order valence-corrected chi connectivity index (χ1v) is 11.5. The second-order valence-electron chi connectivity index (χ2n) is 8.58. The summed E-state index contributed by atoms with van der Waals surface area (Å²) in [6.45, 7) is 1.86. The number of carboxylic acid groups (broad SMARTS) is 1. The number of aryl methyl sites for hydroxylation is 1. The highest BCUT2D eigenvalue weighted by Gasteiger charge is 2.38. The first kappa shape index (κ1) is 24.1. The number of hydrogen-bond donors (Lipinski definition) is 3. The number of benzene rings is 1. The van der Waals surface area contributed by atoms with Gasteiger partial charge in [0, 0.05) is 24.5 Å². The first-order chi connectivity index (χ1) is 16.0. The zero-order valence-electron chi connectivity index (χ0n) is 18.3. The minimum Gasteiger partial charge on any atom is -0.481 e. The van der Waals surface area contributed by atoms with Gasteiger partial charge in [-0.05, 0) is 67.9 Å². The molecule has 2 heterocycles. The number of carboxylic acids is 1. The van der Waals surface area contributed by atoms with E-state index < -0.39 is 23.4 Å². The van der Waals surface area contributed by atoms with Gasteiger partial charge in [0.1, 0.15) is 16.3 Å². The fraction of sp³-hybridized carbons (Fsp3) is 0.391. The summed E-state index contributed by atoms with van der Waals surface area (Å²) in [7, 11) is 0. The monoisotopic (exact) mass is 492 g/mol. The molecule has 0 atom stereocenters. The third kappa shape index (κ3) is 5.53. The van der Waals surface area contributed by atoms with E-state index in [1.54, 1.807) is 18.3 Å². The third-order valence-corrected chi connectivity index (χ3v) is 7.10. The molecule has 1 aromatic carbocycles. The first-order valence-electron chi connectivity index (χ1n) is 10.7. The van der Waals surface area contributed by atoms with E-state index in [9.17, 15) is 23.1 Å². The zero-order valence-corrected chi connectivity index (χ0v) is 19.1. The largest absolute Gasteiger partial charge is 0.481 e. The minimum absolute atomic E-state index is 0.0562. The van der Waals surface area contributed by atoms with Crippen LogP contribution in [0.3, 0.4) is 0 Å². The normalized spacial score (nSPS) is 20.8. The third-order valence-electron chi connectivity index (χ3n) is 5.86. The van der Waals surface area contributed by atoms with Crippen molar-refractivity contribution in [3.8, 4) is 10.4 Å². The molecular weight excluding hydrogens is 469 g/mol. The lowest BCUT2D eigenvalue weighted by Crippen LogP contribution is -2.32. The minimum atomic E-state index is -4.57. The van der Waals surface area contributed by atoms with E-state index in [4.69, 9.17) is 5.11 Å². The van der Waals surface area contributed by atoms with E-state index in [1.165, 1.54) is 11.3 Å². The van der Waals surface area contributed by atoms with Crippen molar-refractivity contribution < 1.29 is 28.2 Å². The van der Waals surface area contributed by atoms with Gasteiger partial charge in [0.15, 0.2) is 0 Å². The molecule has 0 spiro atoms. The van der Waals surface area contributed by atoms with Gasteiger partial charge in [-0.3, -0.25) is 4.79 Å². The van der Waals surface area contributed by atoms with Crippen LogP contribution in [-0.2, 0) is 16.6 Å². The maximum atomic E-state index is 13.0. The molecule has 180 valence electrons. The standard InChI is InChI=1S/C23H23F3N4O3S/c1-13-8-15(11-16(9-13)29-21-27-7-4-18(30-21)23(24,25)26)17-12-28-20(34-17)22(33)5-2-14(3-6-22)10-19(31)32/h4,7-9,11-12,14,33H,2-3,5-6,10H2,1H3,(H,31,32)(H,27,29,30)/t14-,22+. The summed E-state index contributed by atoms with van der Waals surface area (Å²) in [5, 5.41) is 23.5. The van der Waals surface area contributed by atoms with Crippen molar-refractivity contribution in [3.05, 3.63) is 52.9 Å². The molecule has 1 saturated carbocycles. The summed E-state index contributed by atoms with van der Waals surface area (Å²) in [6, 6.07) is 6.27. The second kappa shape index (κ2) is 9.30. The summed E-state index contributed by atoms with van der Waals surface area (Å²) in [6.07, 6.45) is 0.394. The predicted molar refractivity (Wildman–Crippen MR) is 121 cm³/mol. The van der Waals surface area contributed by atoms with Crippen molar-refractivity contribution in [2.45, 2.75) is 50.8 Å². The number of alkyl halides is 3. The van der Waals surface area contributed by atoms with Crippen LogP contribution in [0.2, 0.25) is 0 Å². The lowest BCUT2D eigenvalue weighted by atomic mass is 9.78. The number of nitrogens with zero attached hydrogens (tertiary/aromatic N) is 3. The molecule has 0 unspecified atom stereocenters. The number of aromatic nitrogens is 3. The Kier molecular flexibility index (Phi) is 6.59. The quantitative estimate of drug-likeness (QED) is 0.416. The van der Waals surface area contributed by atoms with Gasteiger partial charge in [0.2, 0.25) is 5.95 Å². The summed E-state index contributed by atoms with van der Waals surface area (Å²) in [4.78, 5) is 23.6. The van der Waals surface area contributed by atoms with Gasteiger partial charge in [0.25, 0.3) is 0 Å². The number of aliphatic carboxylic acids is 1. The van der Waals surface area contributed by atoms with Gasteiger partial charge in [-0.25, -0.2) is 15.0 Å². The van der Waals surface area contributed by atoms with Crippen molar-refractivity contribution in [1.29, 1.82) is 0 Å². The molecule has 3 N–H and O–H groups in total. The van der Waals surface area contributed by atoms with Crippen LogP contribution in [0.25, 0.3) is 10.4 Å². The topological polar surface area (TPSA) is 108 Å². The Morgan fingerprint density at radius 2 is 1.97 bits per heavy atom. The van der Waals surface area contributed by atoms with E-state index in [-0.39, 0.29) is 18.3 Å². The van der Waals surface area contributed by atoms with Gasteiger partial charge in [-0.15, -0.1) is 11.3 Å².